The zero-order valence-electron chi connectivity index (χ0n) is 16.9. The normalized spacial score (nSPS) is 11.9. The summed E-state index contributed by atoms with van der Waals surface area (Å²) in [5.74, 6) is -0.215. The Bertz CT molecular complexity index is 1360. The minimum atomic E-state index is -0.215. The van der Waals surface area contributed by atoms with Crippen molar-refractivity contribution in [2.45, 2.75) is 5.92 Å². The zero-order chi connectivity index (χ0) is 21.0. The van der Waals surface area contributed by atoms with Crippen LogP contribution in [0.5, 0.6) is 0 Å². The van der Waals surface area contributed by atoms with Gasteiger partial charge in [0, 0.05) is 22.9 Å². The molecule has 1 unspecified atom stereocenters. The van der Waals surface area contributed by atoms with E-state index in [-0.39, 0.29) is 11.3 Å². The number of benzene rings is 4. The lowest BCUT2D eigenvalue weighted by Gasteiger charge is -2.18. The molecule has 0 saturated carbocycles. The van der Waals surface area contributed by atoms with E-state index in [4.69, 9.17) is 4.42 Å². The molecular formula is C28H21NO2. The van der Waals surface area contributed by atoms with Crippen LogP contribution in [0.3, 0.4) is 0 Å². The SMILES string of the molecule is O=c1c(C(c2ccccc2)c2ccc(Nc3ccccc3)cc2)coc2ccccc12. The lowest BCUT2D eigenvalue weighted by Crippen LogP contribution is -2.15. The maximum Gasteiger partial charge on any atom is 0.196 e. The van der Waals surface area contributed by atoms with Gasteiger partial charge in [-0.2, -0.15) is 0 Å². The monoisotopic (exact) mass is 403 g/mol. The standard InChI is InChI=1S/C28H21NO2/c30-28-24-13-7-8-14-26(24)31-19-25(28)27(20-9-3-1-4-10-20)21-15-17-23(18-16-21)29-22-11-5-2-6-12-22/h1-19,27,29H. The van der Waals surface area contributed by atoms with E-state index in [9.17, 15) is 4.79 Å². The predicted molar refractivity (Wildman–Crippen MR) is 126 cm³/mol. The third-order valence-electron chi connectivity index (χ3n) is 5.46. The lowest BCUT2D eigenvalue weighted by atomic mass is 9.85. The van der Waals surface area contributed by atoms with Gasteiger partial charge in [-0.1, -0.05) is 72.8 Å². The highest BCUT2D eigenvalue weighted by molar-refractivity contribution is 5.77. The van der Waals surface area contributed by atoms with Crippen molar-refractivity contribution in [1.82, 2.24) is 0 Å². The lowest BCUT2D eigenvalue weighted by molar-refractivity contribution is 0.590. The molecule has 1 N–H and O–H groups in total. The number of anilines is 2. The first-order valence-corrected chi connectivity index (χ1v) is 10.3. The van der Waals surface area contributed by atoms with E-state index < -0.39 is 0 Å². The molecule has 0 fully saturated rings. The van der Waals surface area contributed by atoms with Gasteiger partial charge in [-0.3, -0.25) is 4.79 Å². The topological polar surface area (TPSA) is 42.2 Å². The zero-order valence-corrected chi connectivity index (χ0v) is 16.9. The molecule has 1 heterocycles. The van der Waals surface area contributed by atoms with Gasteiger partial charge in [-0.25, -0.2) is 0 Å². The summed E-state index contributed by atoms with van der Waals surface area (Å²) in [7, 11) is 0. The Morgan fingerprint density at radius 3 is 1.94 bits per heavy atom. The summed E-state index contributed by atoms with van der Waals surface area (Å²) >= 11 is 0. The van der Waals surface area contributed by atoms with Gasteiger partial charge in [0.15, 0.2) is 5.43 Å². The Morgan fingerprint density at radius 2 is 1.19 bits per heavy atom. The van der Waals surface area contributed by atoms with E-state index in [1.807, 2.05) is 84.9 Å². The van der Waals surface area contributed by atoms with Crippen LogP contribution in [0.15, 0.2) is 125 Å². The van der Waals surface area contributed by atoms with Gasteiger partial charge in [-0.05, 0) is 47.5 Å². The summed E-state index contributed by atoms with van der Waals surface area (Å²) in [5, 5.41) is 4.01. The van der Waals surface area contributed by atoms with Gasteiger partial charge in [-0.15, -0.1) is 0 Å². The first kappa shape index (κ1) is 18.9. The first-order valence-electron chi connectivity index (χ1n) is 10.3. The minimum Gasteiger partial charge on any atom is -0.464 e. The highest BCUT2D eigenvalue weighted by atomic mass is 16.3. The average molecular weight is 403 g/mol. The molecule has 0 radical (unpaired) electrons. The van der Waals surface area contributed by atoms with E-state index in [0.29, 0.717) is 16.5 Å². The summed E-state index contributed by atoms with van der Waals surface area (Å²) in [6.45, 7) is 0. The van der Waals surface area contributed by atoms with Crippen molar-refractivity contribution >= 4 is 22.3 Å². The molecule has 4 aromatic carbocycles. The third kappa shape index (κ3) is 3.86. The molecule has 5 rings (SSSR count). The Balaban J connectivity index is 1.58. The van der Waals surface area contributed by atoms with E-state index in [2.05, 4.69) is 29.6 Å². The summed E-state index contributed by atoms with van der Waals surface area (Å²) in [4.78, 5) is 13.4. The fourth-order valence-corrected chi connectivity index (χ4v) is 3.94. The Kier molecular flexibility index (Phi) is 5.07. The van der Waals surface area contributed by atoms with Gasteiger partial charge < -0.3 is 9.73 Å². The van der Waals surface area contributed by atoms with Crippen molar-refractivity contribution in [2.24, 2.45) is 0 Å². The van der Waals surface area contributed by atoms with Crippen LogP contribution in [-0.4, -0.2) is 0 Å². The van der Waals surface area contributed by atoms with Crippen molar-refractivity contribution in [3.05, 3.63) is 142 Å². The van der Waals surface area contributed by atoms with Crippen LogP contribution in [0, 0.1) is 0 Å². The number of nitrogens with one attached hydrogen (secondary N) is 1. The molecule has 0 aliphatic rings. The molecule has 31 heavy (non-hydrogen) atoms. The van der Waals surface area contributed by atoms with Crippen LogP contribution in [0.4, 0.5) is 11.4 Å². The second kappa shape index (κ2) is 8.33. The van der Waals surface area contributed by atoms with Gasteiger partial charge >= 0.3 is 0 Å². The molecule has 0 bridgehead atoms. The van der Waals surface area contributed by atoms with Gasteiger partial charge in [0.2, 0.25) is 0 Å². The molecule has 0 aliphatic carbocycles. The second-order valence-corrected chi connectivity index (χ2v) is 7.47. The molecule has 1 atom stereocenters. The van der Waals surface area contributed by atoms with Gasteiger partial charge in [0.1, 0.15) is 5.58 Å². The van der Waals surface area contributed by atoms with Crippen molar-refractivity contribution in [3.63, 3.8) is 0 Å². The molecule has 3 heteroatoms. The molecular weight excluding hydrogens is 382 g/mol. The van der Waals surface area contributed by atoms with E-state index in [1.165, 1.54) is 0 Å². The van der Waals surface area contributed by atoms with Crippen LogP contribution in [-0.2, 0) is 0 Å². The molecule has 0 saturated heterocycles. The van der Waals surface area contributed by atoms with Crippen LogP contribution >= 0.6 is 0 Å². The number of hydrogen-bond acceptors (Lipinski definition) is 3. The largest absolute Gasteiger partial charge is 0.464 e. The molecule has 0 spiro atoms. The molecule has 1 aromatic heterocycles. The fourth-order valence-electron chi connectivity index (χ4n) is 3.94. The first-order chi connectivity index (χ1) is 15.3. The third-order valence-corrected chi connectivity index (χ3v) is 5.46. The van der Waals surface area contributed by atoms with Crippen molar-refractivity contribution in [1.29, 1.82) is 0 Å². The summed E-state index contributed by atoms with van der Waals surface area (Å²) < 4.78 is 5.84. The minimum absolute atomic E-state index is 0.00203. The smallest absolute Gasteiger partial charge is 0.196 e. The van der Waals surface area contributed by atoms with Gasteiger partial charge in [0.25, 0.3) is 0 Å². The quantitative estimate of drug-likeness (QED) is 0.354. The molecule has 150 valence electrons. The Morgan fingerprint density at radius 1 is 0.613 bits per heavy atom. The van der Waals surface area contributed by atoms with Crippen molar-refractivity contribution in [2.75, 3.05) is 5.32 Å². The van der Waals surface area contributed by atoms with Crippen LogP contribution < -0.4 is 10.7 Å². The Labute approximate surface area is 180 Å². The van der Waals surface area contributed by atoms with Crippen molar-refractivity contribution in [3.8, 4) is 0 Å². The molecule has 5 aromatic rings. The van der Waals surface area contributed by atoms with Crippen molar-refractivity contribution < 1.29 is 4.42 Å². The van der Waals surface area contributed by atoms with E-state index in [0.717, 1.165) is 22.5 Å². The van der Waals surface area contributed by atoms with Gasteiger partial charge in [0.05, 0.1) is 11.6 Å². The predicted octanol–water partition coefficient (Wildman–Crippen LogP) is 6.72. The number of hydrogen-bond donors (Lipinski definition) is 1. The summed E-state index contributed by atoms with van der Waals surface area (Å²) in [6, 6.07) is 35.7. The maximum absolute atomic E-state index is 13.4. The number of fused-ring (bicyclic) bond motifs is 1. The maximum atomic E-state index is 13.4. The summed E-state index contributed by atoms with van der Waals surface area (Å²) in [5.41, 5.74) is 5.35. The van der Waals surface area contributed by atoms with E-state index >= 15 is 0 Å². The van der Waals surface area contributed by atoms with Crippen LogP contribution in [0.25, 0.3) is 11.0 Å². The van der Waals surface area contributed by atoms with E-state index in [1.54, 1.807) is 6.26 Å². The fraction of sp³-hybridized carbons (Fsp3) is 0.0357. The highest BCUT2D eigenvalue weighted by Gasteiger charge is 2.21. The molecule has 3 nitrogen and oxygen atoms in total. The second-order valence-electron chi connectivity index (χ2n) is 7.47. The number of para-hydroxylation sites is 2. The molecule has 0 aliphatic heterocycles. The Hall–Kier alpha value is -4.11. The summed E-state index contributed by atoms with van der Waals surface area (Å²) in [6.07, 6.45) is 1.61. The highest BCUT2D eigenvalue weighted by Crippen LogP contribution is 2.32. The van der Waals surface area contributed by atoms with Crippen LogP contribution in [0.1, 0.15) is 22.6 Å². The number of rotatable bonds is 5. The van der Waals surface area contributed by atoms with Crippen LogP contribution in [0.2, 0.25) is 0 Å². The average Bonchev–Trinajstić information content (AvgIpc) is 2.83. The molecule has 0 amide bonds.